The summed E-state index contributed by atoms with van der Waals surface area (Å²) in [7, 11) is 2.16. The number of benzene rings is 1. The van der Waals surface area contributed by atoms with Gasteiger partial charge in [0.15, 0.2) is 6.61 Å². The minimum Gasteiger partial charge on any atom is -0.484 e. The fourth-order valence-electron chi connectivity index (χ4n) is 3.78. The summed E-state index contributed by atoms with van der Waals surface area (Å²) in [4.78, 5) is 16.9. The van der Waals surface area contributed by atoms with E-state index in [0.29, 0.717) is 23.4 Å². The van der Waals surface area contributed by atoms with Gasteiger partial charge in [0.25, 0.3) is 5.91 Å². The second kappa shape index (κ2) is 7.01. The first-order valence-electron chi connectivity index (χ1n) is 8.31. The number of nitrogens with zero attached hydrogens (tertiary/aromatic N) is 3. The van der Waals surface area contributed by atoms with E-state index >= 15 is 0 Å². The highest BCUT2D eigenvalue weighted by Gasteiger charge is 2.38. The lowest BCUT2D eigenvalue weighted by atomic mass is 10.0. The van der Waals surface area contributed by atoms with Crippen LogP contribution >= 0.6 is 0 Å². The molecule has 2 aliphatic rings. The lowest BCUT2D eigenvalue weighted by molar-refractivity contribution is -0.135. The first-order valence-corrected chi connectivity index (χ1v) is 8.31. The van der Waals surface area contributed by atoms with Gasteiger partial charge in [-0.25, -0.2) is 0 Å². The summed E-state index contributed by atoms with van der Waals surface area (Å²) in [5.41, 5.74) is 0.590. The van der Waals surface area contributed by atoms with Crippen LogP contribution < -0.4 is 4.74 Å². The van der Waals surface area contributed by atoms with Gasteiger partial charge in [-0.15, -0.1) is 0 Å². The molecular formula is C18H23N3O2. The highest BCUT2D eigenvalue weighted by molar-refractivity contribution is 5.78. The molecular weight excluding hydrogens is 290 g/mol. The third-order valence-corrected chi connectivity index (χ3v) is 4.99. The van der Waals surface area contributed by atoms with Gasteiger partial charge in [-0.1, -0.05) is 0 Å². The van der Waals surface area contributed by atoms with Crippen LogP contribution in [0.2, 0.25) is 0 Å². The monoisotopic (exact) mass is 313 g/mol. The Balaban J connectivity index is 1.57. The molecule has 3 rings (SSSR count). The molecule has 2 heterocycles. The molecule has 2 saturated heterocycles. The number of amides is 1. The summed E-state index contributed by atoms with van der Waals surface area (Å²) in [6.07, 6.45) is 4.58. The van der Waals surface area contributed by atoms with Crippen LogP contribution in [0.5, 0.6) is 5.75 Å². The summed E-state index contributed by atoms with van der Waals surface area (Å²) >= 11 is 0. The third-order valence-electron chi connectivity index (χ3n) is 4.99. The van der Waals surface area contributed by atoms with E-state index < -0.39 is 0 Å². The number of rotatable bonds is 4. The van der Waals surface area contributed by atoms with Crippen LogP contribution in [-0.4, -0.2) is 54.5 Å². The molecule has 2 aliphatic heterocycles. The van der Waals surface area contributed by atoms with Crippen molar-refractivity contribution in [3.63, 3.8) is 0 Å². The minimum atomic E-state index is 0.0668. The van der Waals surface area contributed by atoms with Gasteiger partial charge in [0, 0.05) is 18.6 Å². The molecule has 0 bridgehead atoms. The number of ether oxygens (including phenoxy) is 1. The number of carbonyl (C=O) groups excluding carboxylic acids is 1. The molecule has 5 heteroatoms. The van der Waals surface area contributed by atoms with Crippen molar-refractivity contribution in [3.8, 4) is 11.8 Å². The molecule has 0 aliphatic carbocycles. The fraction of sp³-hybridized carbons (Fsp3) is 0.556. The van der Waals surface area contributed by atoms with Crippen LogP contribution in [0.3, 0.4) is 0 Å². The Morgan fingerprint density at radius 2 is 1.91 bits per heavy atom. The quantitative estimate of drug-likeness (QED) is 0.853. The van der Waals surface area contributed by atoms with Gasteiger partial charge in [-0.2, -0.15) is 5.26 Å². The molecule has 2 atom stereocenters. The van der Waals surface area contributed by atoms with E-state index in [-0.39, 0.29) is 12.5 Å². The molecule has 0 spiro atoms. The molecule has 1 aromatic rings. The lowest BCUT2D eigenvalue weighted by Crippen LogP contribution is -2.48. The maximum absolute atomic E-state index is 12.5. The van der Waals surface area contributed by atoms with Crippen molar-refractivity contribution in [2.24, 2.45) is 0 Å². The lowest BCUT2D eigenvalue weighted by Gasteiger charge is -2.33. The van der Waals surface area contributed by atoms with E-state index in [1.165, 1.54) is 12.8 Å². The Labute approximate surface area is 137 Å². The molecule has 0 unspecified atom stereocenters. The third kappa shape index (κ3) is 3.48. The molecule has 0 radical (unpaired) electrons. The predicted molar refractivity (Wildman–Crippen MR) is 87.0 cm³/mol. The fourth-order valence-corrected chi connectivity index (χ4v) is 3.78. The van der Waals surface area contributed by atoms with E-state index in [9.17, 15) is 4.79 Å². The summed E-state index contributed by atoms with van der Waals surface area (Å²) in [6, 6.07) is 9.77. The second-order valence-electron chi connectivity index (χ2n) is 6.41. The molecule has 0 saturated carbocycles. The predicted octanol–water partition coefficient (Wildman–Crippen LogP) is 2.02. The first kappa shape index (κ1) is 15.8. The first-order chi connectivity index (χ1) is 11.2. The summed E-state index contributed by atoms with van der Waals surface area (Å²) in [6.45, 7) is 2.04. The Kier molecular flexibility index (Phi) is 4.82. The number of nitriles is 1. The van der Waals surface area contributed by atoms with E-state index in [4.69, 9.17) is 10.00 Å². The van der Waals surface area contributed by atoms with E-state index in [1.807, 2.05) is 4.90 Å². The molecule has 1 aromatic carbocycles. The highest BCUT2D eigenvalue weighted by atomic mass is 16.5. The maximum atomic E-state index is 12.5. The zero-order valence-corrected chi connectivity index (χ0v) is 13.6. The van der Waals surface area contributed by atoms with Crippen molar-refractivity contribution in [2.45, 2.75) is 37.8 Å². The number of hydrogen-bond donors (Lipinski definition) is 0. The summed E-state index contributed by atoms with van der Waals surface area (Å²) in [5, 5.41) is 8.79. The highest BCUT2D eigenvalue weighted by Crippen LogP contribution is 2.29. The largest absolute Gasteiger partial charge is 0.484 e. The number of likely N-dealkylation sites (N-methyl/N-ethyl adjacent to an activating group) is 1. The Hall–Kier alpha value is -2.06. The zero-order chi connectivity index (χ0) is 16.2. The summed E-state index contributed by atoms with van der Waals surface area (Å²) in [5.74, 6) is 0.697. The number of carbonyl (C=O) groups is 1. The van der Waals surface area contributed by atoms with Crippen molar-refractivity contribution in [1.29, 1.82) is 5.26 Å². The van der Waals surface area contributed by atoms with Crippen molar-refractivity contribution in [2.75, 3.05) is 26.7 Å². The average molecular weight is 313 g/mol. The van der Waals surface area contributed by atoms with E-state index in [2.05, 4.69) is 18.0 Å². The number of likely N-dealkylation sites (tertiary alicyclic amines) is 2. The normalized spacial score (nSPS) is 24.6. The molecule has 0 aromatic heterocycles. The van der Waals surface area contributed by atoms with Crippen molar-refractivity contribution >= 4 is 5.91 Å². The maximum Gasteiger partial charge on any atom is 0.260 e. The second-order valence-corrected chi connectivity index (χ2v) is 6.41. The minimum absolute atomic E-state index is 0.0668. The van der Waals surface area contributed by atoms with Gasteiger partial charge in [0.2, 0.25) is 0 Å². The molecule has 5 nitrogen and oxygen atoms in total. The van der Waals surface area contributed by atoms with Crippen LogP contribution in [-0.2, 0) is 4.79 Å². The molecule has 2 fully saturated rings. The van der Waals surface area contributed by atoms with Crippen LogP contribution in [0.25, 0.3) is 0 Å². The van der Waals surface area contributed by atoms with Gasteiger partial charge in [-0.3, -0.25) is 4.79 Å². The standard InChI is InChI=1S/C18H23N3O2/c1-20-10-2-4-16(20)17-5-3-11-21(17)18(22)13-23-15-8-6-14(12-19)7-9-15/h6-9,16-17H,2-5,10-11,13H2,1H3/t16-,17+/m0/s1. The van der Waals surface area contributed by atoms with Crippen LogP contribution in [0.15, 0.2) is 24.3 Å². The Bertz CT molecular complexity index is 593. The zero-order valence-electron chi connectivity index (χ0n) is 13.6. The average Bonchev–Trinajstić information content (AvgIpc) is 3.21. The SMILES string of the molecule is CN1CCC[C@H]1[C@H]1CCCN1C(=O)COc1ccc(C#N)cc1. The van der Waals surface area contributed by atoms with Gasteiger partial charge >= 0.3 is 0 Å². The van der Waals surface area contributed by atoms with Gasteiger partial charge in [0.05, 0.1) is 11.6 Å². The van der Waals surface area contributed by atoms with E-state index in [0.717, 1.165) is 25.9 Å². The van der Waals surface area contributed by atoms with Crippen LogP contribution in [0, 0.1) is 11.3 Å². The van der Waals surface area contributed by atoms with Gasteiger partial charge in [-0.05, 0) is 63.5 Å². The van der Waals surface area contributed by atoms with Crippen molar-refractivity contribution < 1.29 is 9.53 Å². The topological polar surface area (TPSA) is 56.6 Å². The van der Waals surface area contributed by atoms with Crippen molar-refractivity contribution in [1.82, 2.24) is 9.80 Å². The van der Waals surface area contributed by atoms with E-state index in [1.54, 1.807) is 24.3 Å². The van der Waals surface area contributed by atoms with Crippen molar-refractivity contribution in [3.05, 3.63) is 29.8 Å². The smallest absolute Gasteiger partial charge is 0.260 e. The molecule has 23 heavy (non-hydrogen) atoms. The Morgan fingerprint density at radius 1 is 1.22 bits per heavy atom. The Morgan fingerprint density at radius 3 is 2.57 bits per heavy atom. The van der Waals surface area contributed by atoms with Crippen LogP contribution in [0.4, 0.5) is 0 Å². The molecule has 1 amide bonds. The molecule has 122 valence electrons. The van der Waals surface area contributed by atoms with Gasteiger partial charge < -0.3 is 14.5 Å². The van der Waals surface area contributed by atoms with Gasteiger partial charge in [0.1, 0.15) is 5.75 Å². The number of hydrogen-bond acceptors (Lipinski definition) is 4. The van der Waals surface area contributed by atoms with Crippen LogP contribution in [0.1, 0.15) is 31.2 Å². The summed E-state index contributed by atoms with van der Waals surface area (Å²) < 4.78 is 5.60. The molecule has 0 N–H and O–H groups in total.